The average Bonchev–Trinajstić information content (AvgIpc) is 2.84. The van der Waals surface area contributed by atoms with E-state index in [-0.39, 0.29) is 11.4 Å². The molecule has 1 aromatic carbocycles. The highest BCUT2D eigenvalue weighted by Crippen LogP contribution is 2.31. The second-order valence-corrected chi connectivity index (χ2v) is 5.93. The van der Waals surface area contributed by atoms with Gasteiger partial charge in [-0.3, -0.25) is 24.3 Å². The van der Waals surface area contributed by atoms with E-state index in [2.05, 4.69) is 10.3 Å². The van der Waals surface area contributed by atoms with Crippen molar-refractivity contribution in [3.05, 3.63) is 65.3 Å². The van der Waals surface area contributed by atoms with Crippen LogP contribution < -0.4 is 5.32 Å². The number of pyridine rings is 1. The van der Waals surface area contributed by atoms with E-state index in [0.29, 0.717) is 11.4 Å². The molecule has 120 valence electrons. The molecular formula is C17H13N3O3S. The fourth-order valence-electron chi connectivity index (χ4n) is 2.10. The molecule has 0 aliphatic carbocycles. The van der Waals surface area contributed by atoms with Gasteiger partial charge in [0.15, 0.2) is 0 Å². The van der Waals surface area contributed by atoms with E-state index in [1.807, 2.05) is 6.07 Å². The van der Waals surface area contributed by atoms with Crippen LogP contribution >= 0.6 is 11.8 Å². The van der Waals surface area contributed by atoms with E-state index >= 15 is 0 Å². The summed E-state index contributed by atoms with van der Waals surface area (Å²) in [5.74, 6) is -0.915. The lowest BCUT2D eigenvalue weighted by atomic mass is 10.3. The Bertz CT molecular complexity index is 806. The number of amides is 3. The normalized spacial score (nSPS) is 15.8. The number of nitrogens with zero attached hydrogens (tertiary/aromatic N) is 2. The third kappa shape index (κ3) is 3.69. The minimum Gasteiger partial charge on any atom is -0.325 e. The first kappa shape index (κ1) is 15.9. The monoisotopic (exact) mass is 339 g/mol. The number of rotatable bonds is 4. The minimum atomic E-state index is -0.487. The number of anilines is 1. The van der Waals surface area contributed by atoms with Gasteiger partial charge in [0.25, 0.3) is 11.1 Å². The molecule has 6 nitrogen and oxygen atoms in total. The maximum atomic E-state index is 12.3. The summed E-state index contributed by atoms with van der Waals surface area (Å²) in [6, 6.07) is 14.1. The zero-order valence-electron chi connectivity index (χ0n) is 12.5. The van der Waals surface area contributed by atoms with Crippen LogP contribution in [0.15, 0.2) is 59.6 Å². The van der Waals surface area contributed by atoms with Gasteiger partial charge in [0.2, 0.25) is 5.91 Å². The number of hydrogen-bond donors (Lipinski definition) is 1. The van der Waals surface area contributed by atoms with Gasteiger partial charge in [-0.2, -0.15) is 0 Å². The van der Waals surface area contributed by atoms with Crippen molar-refractivity contribution in [3.63, 3.8) is 0 Å². The smallest absolute Gasteiger partial charge is 0.294 e. The van der Waals surface area contributed by atoms with Gasteiger partial charge in [0.1, 0.15) is 6.54 Å². The van der Waals surface area contributed by atoms with Crippen LogP contribution in [0.4, 0.5) is 10.5 Å². The summed E-state index contributed by atoms with van der Waals surface area (Å²) >= 11 is 0.803. The summed E-state index contributed by atoms with van der Waals surface area (Å²) in [7, 11) is 0. The number of carbonyl (C=O) groups excluding carboxylic acids is 3. The number of thioether (sulfide) groups is 1. The molecule has 2 aromatic rings. The van der Waals surface area contributed by atoms with Gasteiger partial charge in [0.05, 0.1) is 10.6 Å². The van der Waals surface area contributed by atoms with Crippen molar-refractivity contribution in [1.29, 1.82) is 0 Å². The molecule has 2 heterocycles. The largest absolute Gasteiger partial charge is 0.325 e. The topological polar surface area (TPSA) is 79.4 Å². The standard InChI is InChI=1S/C17H13N3O3S/c21-15(19-12-6-2-1-3-7-12)11-20-16(22)14(24-17(20)23)10-13-8-4-5-9-18-13/h1-10H,11H2,(H,19,21)/b14-10+. The first-order valence-corrected chi connectivity index (χ1v) is 7.96. The van der Waals surface area contributed by atoms with Crippen molar-refractivity contribution in [2.75, 3.05) is 11.9 Å². The maximum absolute atomic E-state index is 12.3. The highest BCUT2D eigenvalue weighted by atomic mass is 32.2. The molecule has 0 saturated carbocycles. The zero-order chi connectivity index (χ0) is 16.9. The maximum Gasteiger partial charge on any atom is 0.294 e. The van der Waals surface area contributed by atoms with Gasteiger partial charge < -0.3 is 5.32 Å². The Hall–Kier alpha value is -2.93. The van der Waals surface area contributed by atoms with E-state index in [1.165, 1.54) is 0 Å². The van der Waals surface area contributed by atoms with Gasteiger partial charge >= 0.3 is 0 Å². The number of carbonyl (C=O) groups is 3. The molecule has 0 atom stereocenters. The Morgan fingerprint density at radius 2 is 1.88 bits per heavy atom. The van der Waals surface area contributed by atoms with Crippen LogP contribution in [0.2, 0.25) is 0 Å². The predicted octanol–water partition coefficient (Wildman–Crippen LogP) is 2.76. The first-order valence-electron chi connectivity index (χ1n) is 7.15. The molecule has 1 aliphatic rings. The third-order valence-electron chi connectivity index (χ3n) is 3.20. The van der Waals surface area contributed by atoms with Gasteiger partial charge in [-0.1, -0.05) is 24.3 Å². The second-order valence-electron chi connectivity index (χ2n) is 4.94. The Labute approximate surface area is 142 Å². The lowest BCUT2D eigenvalue weighted by molar-refractivity contribution is -0.127. The molecule has 0 spiro atoms. The van der Waals surface area contributed by atoms with E-state index in [0.717, 1.165) is 16.7 Å². The molecule has 0 unspecified atom stereocenters. The molecule has 3 rings (SSSR count). The van der Waals surface area contributed by atoms with Gasteiger partial charge in [-0.05, 0) is 42.1 Å². The number of nitrogens with one attached hydrogen (secondary N) is 1. The lowest BCUT2D eigenvalue weighted by Crippen LogP contribution is -2.36. The zero-order valence-corrected chi connectivity index (χ0v) is 13.3. The molecule has 24 heavy (non-hydrogen) atoms. The molecule has 3 amide bonds. The SMILES string of the molecule is O=C(CN1C(=O)S/C(=C/c2ccccn2)C1=O)Nc1ccccc1. The molecule has 7 heteroatoms. The molecule has 0 radical (unpaired) electrons. The van der Waals surface area contributed by atoms with E-state index < -0.39 is 17.1 Å². The Morgan fingerprint density at radius 1 is 1.12 bits per heavy atom. The Balaban J connectivity index is 1.68. The van der Waals surface area contributed by atoms with E-state index in [9.17, 15) is 14.4 Å². The highest BCUT2D eigenvalue weighted by Gasteiger charge is 2.36. The number of aromatic nitrogens is 1. The van der Waals surface area contributed by atoms with Crippen LogP contribution in [0.25, 0.3) is 6.08 Å². The number of imide groups is 1. The molecule has 1 fully saturated rings. The number of hydrogen-bond acceptors (Lipinski definition) is 5. The van der Waals surface area contributed by atoms with Crippen LogP contribution in [0, 0.1) is 0 Å². The fraction of sp³-hybridized carbons (Fsp3) is 0.0588. The lowest BCUT2D eigenvalue weighted by Gasteiger charge is -2.12. The van der Waals surface area contributed by atoms with Gasteiger partial charge in [-0.15, -0.1) is 0 Å². The van der Waals surface area contributed by atoms with Crippen molar-refractivity contribution >= 4 is 40.6 Å². The Kier molecular flexibility index (Phi) is 4.72. The van der Waals surface area contributed by atoms with Crippen LogP contribution in [0.5, 0.6) is 0 Å². The third-order valence-corrected chi connectivity index (χ3v) is 4.11. The first-order chi connectivity index (χ1) is 11.6. The van der Waals surface area contributed by atoms with Crippen LogP contribution in [-0.4, -0.2) is 33.5 Å². The summed E-state index contributed by atoms with van der Waals surface area (Å²) in [5.41, 5.74) is 1.19. The van der Waals surface area contributed by atoms with E-state index in [4.69, 9.17) is 0 Å². The fourth-order valence-corrected chi connectivity index (χ4v) is 2.92. The molecular weight excluding hydrogens is 326 g/mol. The van der Waals surface area contributed by atoms with Crippen LogP contribution in [0.3, 0.4) is 0 Å². The van der Waals surface area contributed by atoms with Crippen molar-refractivity contribution in [1.82, 2.24) is 9.88 Å². The van der Waals surface area contributed by atoms with Crippen molar-refractivity contribution in [2.45, 2.75) is 0 Å². The molecule has 1 saturated heterocycles. The Morgan fingerprint density at radius 3 is 2.58 bits per heavy atom. The predicted molar refractivity (Wildman–Crippen MR) is 92.0 cm³/mol. The minimum absolute atomic E-state index is 0.256. The van der Waals surface area contributed by atoms with Crippen LogP contribution in [0.1, 0.15) is 5.69 Å². The van der Waals surface area contributed by atoms with Crippen molar-refractivity contribution in [2.24, 2.45) is 0 Å². The van der Waals surface area contributed by atoms with E-state index in [1.54, 1.807) is 54.7 Å². The summed E-state index contributed by atoms with van der Waals surface area (Å²) in [4.78, 5) is 41.6. The molecule has 1 aliphatic heterocycles. The van der Waals surface area contributed by atoms with Gasteiger partial charge in [-0.25, -0.2) is 0 Å². The summed E-state index contributed by atoms with van der Waals surface area (Å²) in [6.07, 6.45) is 3.14. The van der Waals surface area contributed by atoms with Crippen LogP contribution in [-0.2, 0) is 9.59 Å². The summed E-state index contributed by atoms with van der Waals surface area (Å²) in [5, 5.41) is 2.18. The summed E-state index contributed by atoms with van der Waals surface area (Å²) < 4.78 is 0. The highest BCUT2D eigenvalue weighted by molar-refractivity contribution is 8.18. The average molecular weight is 339 g/mol. The van der Waals surface area contributed by atoms with Crippen molar-refractivity contribution in [3.8, 4) is 0 Å². The molecule has 0 bridgehead atoms. The summed E-state index contributed by atoms with van der Waals surface area (Å²) in [6.45, 7) is -0.320. The quantitative estimate of drug-likeness (QED) is 0.867. The van der Waals surface area contributed by atoms with Gasteiger partial charge in [0, 0.05) is 11.9 Å². The van der Waals surface area contributed by atoms with Crippen molar-refractivity contribution < 1.29 is 14.4 Å². The molecule has 1 N–H and O–H groups in total. The molecule has 1 aromatic heterocycles. The number of para-hydroxylation sites is 1. The second kappa shape index (κ2) is 7.10. The number of benzene rings is 1.